The Morgan fingerprint density at radius 3 is 1.66 bits per heavy atom. The van der Waals surface area contributed by atoms with Crippen molar-refractivity contribution in [3.8, 4) is 0 Å². The first-order valence-corrected chi connectivity index (χ1v) is 18.6. The van der Waals surface area contributed by atoms with Crippen molar-refractivity contribution in [1.29, 1.82) is 0 Å². The maximum atomic E-state index is 12.4. The molecule has 23 nitrogen and oxygen atoms in total. The predicted molar refractivity (Wildman–Crippen MR) is 182 cm³/mol. The number of carbonyl (C=O) groups is 2. The van der Waals surface area contributed by atoms with Crippen molar-refractivity contribution >= 4 is 11.8 Å². The van der Waals surface area contributed by atoms with Gasteiger partial charge in [-0.2, -0.15) is 0 Å². The van der Waals surface area contributed by atoms with Crippen LogP contribution in [-0.4, -0.2) is 219 Å². The highest BCUT2D eigenvalue weighted by Gasteiger charge is 2.56. The minimum absolute atomic E-state index is 0.128. The predicted octanol–water partition coefficient (Wildman–Crippen LogP) is -7.28. The SMILES string of the molecule is CC(=O)N[C@H]1[C@H](O[C@H]2[C@@H](O)[C@@H](CO)O[C@H](OCCCCCN)[C@@H]2O)O[C@H](CO)[C@@H](O[C@@H]2O[C@H](CO)[C@H](O)[C@H](O[C@@H]3O[C@@H](C)[C@@H](O)[C@@H](O)[C@@H]3O)[C@H]2NC(C)=O)[C@@H]1O. The van der Waals surface area contributed by atoms with Gasteiger partial charge in [-0.05, 0) is 32.7 Å². The largest absolute Gasteiger partial charge is 0.394 e. The van der Waals surface area contributed by atoms with Gasteiger partial charge in [0.15, 0.2) is 25.2 Å². The molecule has 0 aliphatic carbocycles. The third-order valence-electron chi connectivity index (χ3n) is 10.1. The normalized spacial score (nSPS) is 44.6. The van der Waals surface area contributed by atoms with Crippen molar-refractivity contribution in [3.63, 3.8) is 0 Å². The van der Waals surface area contributed by atoms with Gasteiger partial charge in [0.1, 0.15) is 91.4 Å². The lowest BCUT2D eigenvalue weighted by atomic mass is 9.93. The molecule has 4 fully saturated rings. The number of nitrogens with one attached hydrogen (secondary N) is 2. The fourth-order valence-electron chi connectivity index (χ4n) is 7.04. The Morgan fingerprint density at radius 1 is 0.554 bits per heavy atom. The average Bonchev–Trinajstić information content (AvgIpc) is 3.16. The monoisotopic (exact) mass is 817 g/mol. The van der Waals surface area contributed by atoms with Crippen LogP contribution < -0.4 is 16.4 Å². The lowest BCUT2D eigenvalue weighted by Crippen LogP contribution is -2.71. The van der Waals surface area contributed by atoms with E-state index >= 15 is 0 Å². The molecule has 56 heavy (non-hydrogen) atoms. The van der Waals surface area contributed by atoms with E-state index in [0.717, 1.165) is 26.7 Å². The molecular weight excluding hydrogens is 758 g/mol. The second-order valence-corrected chi connectivity index (χ2v) is 14.3. The van der Waals surface area contributed by atoms with Gasteiger partial charge in [-0.3, -0.25) is 9.59 Å². The van der Waals surface area contributed by atoms with Crippen LogP contribution in [0.1, 0.15) is 40.0 Å². The Labute approximate surface area is 322 Å². The highest BCUT2D eigenvalue weighted by Crippen LogP contribution is 2.34. The Morgan fingerprint density at radius 2 is 1.07 bits per heavy atom. The zero-order chi connectivity index (χ0) is 41.4. The van der Waals surface area contributed by atoms with Gasteiger partial charge < -0.3 is 105 Å². The number of carbonyl (C=O) groups excluding carboxylic acids is 2. The van der Waals surface area contributed by atoms with Crippen LogP contribution in [0.4, 0.5) is 0 Å². The quantitative estimate of drug-likeness (QED) is 0.0606. The van der Waals surface area contributed by atoms with Crippen LogP contribution in [0.3, 0.4) is 0 Å². The fourth-order valence-corrected chi connectivity index (χ4v) is 7.04. The summed E-state index contributed by atoms with van der Waals surface area (Å²) in [5, 5.41) is 112. The van der Waals surface area contributed by atoms with Crippen molar-refractivity contribution in [2.75, 3.05) is 33.0 Å². The van der Waals surface area contributed by atoms with E-state index in [-0.39, 0.29) is 6.61 Å². The van der Waals surface area contributed by atoms with Crippen LogP contribution in [0.15, 0.2) is 0 Å². The summed E-state index contributed by atoms with van der Waals surface area (Å²) in [6.45, 7) is 1.76. The van der Waals surface area contributed by atoms with Crippen molar-refractivity contribution in [2.45, 2.75) is 163 Å². The number of hydrogen-bond acceptors (Lipinski definition) is 21. The third kappa shape index (κ3) is 11.1. The molecule has 0 aromatic heterocycles. The fraction of sp³-hybridized carbons (Fsp3) is 0.939. The summed E-state index contributed by atoms with van der Waals surface area (Å²) in [7, 11) is 0. The average molecular weight is 818 g/mol. The topological polar surface area (TPSA) is 360 Å². The molecule has 2 amide bonds. The summed E-state index contributed by atoms with van der Waals surface area (Å²) in [6, 6.07) is -3.07. The summed E-state index contributed by atoms with van der Waals surface area (Å²) in [4.78, 5) is 24.9. The Bertz CT molecular complexity index is 1230. The second-order valence-electron chi connectivity index (χ2n) is 14.3. The van der Waals surface area contributed by atoms with E-state index in [1.165, 1.54) is 6.92 Å². The number of amides is 2. The van der Waals surface area contributed by atoms with Crippen LogP contribution in [0.2, 0.25) is 0 Å². The molecule has 326 valence electrons. The van der Waals surface area contributed by atoms with Crippen LogP contribution in [0.5, 0.6) is 0 Å². The molecule has 0 unspecified atom stereocenters. The molecular formula is C33H59N3O20. The lowest BCUT2D eigenvalue weighted by Gasteiger charge is -2.50. The van der Waals surface area contributed by atoms with E-state index in [9.17, 15) is 60.7 Å². The Hall–Kier alpha value is -1.82. The molecule has 0 radical (unpaired) electrons. The van der Waals surface area contributed by atoms with Gasteiger partial charge in [-0.1, -0.05) is 0 Å². The molecule has 0 saturated carbocycles. The molecule has 0 spiro atoms. The van der Waals surface area contributed by atoms with Gasteiger partial charge in [0.05, 0.1) is 25.9 Å². The third-order valence-corrected chi connectivity index (χ3v) is 10.1. The van der Waals surface area contributed by atoms with Gasteiger partial charge >= 0.3 is 0 Å². The van der Waals surface area contributed by atoms with Gasteiger partial charge in [-0.25, -0.2) is 0 Å². The highest BCUT2D eigenvalue weighted by molar-refractivity contribution is 5.73. The first-order valence-electron chi connectivity index (χ1n) is 18.6. The van der Waals surface area contributed by atoms with E-state index in [4.69, 9.17) is 43.6 Å². The summed E-state index contributed by atoms with van der Waals surface area (Å²) in [5.41, 5.74) is 5.53. The molecule has 4 aliphatic heterocycles. The molecule has 4 saturated heterocycles. The van der Waals surface area contributed by atoms with Gasteiger partial charge in [0, 0.05) is 20.5 Å². The minimum atomic E-state index is -1.85. The summed E-state index contributed by atoms with van der Waals surface area (Å²) >= 11 is 0. The van der Waals surface area contributed by atoms with Crippen LogP contribution in [0.25, 0.3) is 0 Å². The number of ether oxygens (including phenoxy) is 8. The van der Waals surface area contributed by atoms with Crippen molar-refractivity contribution in [3.05, 3.63) is 0 Å². The van der Waals surface area contributed by atoms with Crippen molar-refractivity contribution < 1.29 is 98.5 Å². The second kappa shape index (κ2) is 21.4. The molecule has 23 heteroatoms. The number of aliphatic hydroxyl groups is 10. The Kier molecular flexibility index (Phi) is 17.9. The molecule has 20 atom stereocenters. The van der Waals surface area contributed by atoms with E-state index in [1.807, 2.05) is 0 Å². The van der Waals surface area contributed by atoms with E-state index in [1.54, 1.807) is 0 Å². The van der Waals surface area contributed by atoms with Crippen LogP contribution in [-0.2, 0) is 47.5 Å². The van der Waals surface area contributed by atoms with Crippen molar-refractivity contribution in [2.24, 2.45) is 5.73 Å². The molecule has 0 aromatic rings. The molecule has 4 aliphatic rings. The standard InChI is InChI=1S/C33H59N3O20/c1-12-20(42)24(46)25(47)33(50-12)55-28-19(36-14(3)41)31(51-15(9-37)21(28)43)54-27-17(11-39)53-30(18(23(27)45)35-13(2)40)56-29-22(44)16(10-38)52-32(26(29)48)49-8-6-4-5-7-34/h12,15-33,37-39,42-48H,4-11,34H2,1-3H3,(H,35,40)(H,36,41)/t12-,15+,16+,17+,18+,19+,20+,21-,22-,23+,24+,25-,26+,27+,28+,29-,30-,31-,32-,33-/m0/s1. The van der Waals surface area contributed by atoms with Crippen molar-refractivity contribution in [1.82, 2.24) is 10.6 Å². The number of unbranched alkanes of at least 4 members (excludes halogenated alkanes) is 2. The summed E-state index contributed by atoms with van der Waals surface area (Å²) in [6.07, 6.45) is -26.8. The minimum Gasteiger partial charge on any atom is -0.394 e. The summed E-state index contributed by atoms with van der Waals surface area (Å²) in [5.74, 6) is -1.41. The van der Waals surface area contributed by atoms with Crippen LogP contribution in [0, 0.1) is 0 Å². The first kappa shape index (κ1) is 46.9. The van der Waals surface area contributed by atoms with Gasteiger partial charge in [0.2, 0.25) is 11.8 Å². The Balaban J connectivity index is 1.59. The number of rotatable bonds is 17. The number of hydrogen-bond donors (Lipinski definition) is 13. The highest BCUT2D eigenvalue weighted by atomic mass is 16.8. The van der Waals surface area contributed by atoms with E-state index in [2.05, 4.69) is 10.6 Å². The van der Waals surface area contributed by atoms with Crippen LogP contribution >= 0.6 is 0 Å². The molecule has 14 N–H and O–H groups in total. The number of aliphatic hydroxyl groups excluding tert-OH is 10. The van der Waals surface area contributed by atoms with E-state index < -0.39 is 154 Å². The van der Waals surface area contributed by atoms with E-state index in [0.29, 0.717) is 13.0 Å². The first-order chi connectivity index (χ1) is 26.6. The molecule has 0 bridgehead atoms. The maximum absolute atomic E-state index is 12.4. The molecule has 4 rings (SSSR count). The lowest BCUT2D eigenvalue weighted by molar-refractivity contribution is -0.369. The molecule has 0 aromatic carbocycles. The maximum Gasteiger partial charge on any atom is 0.217 e. The smallest absolute Gasteiger partial charge is 0.217 e. The van der Waals surface area contributed by atoms with Gasteiger partial charge in [0.25, 0.3) is 0 Å². The number of nitrogens with two attached hydrogens (primary N) is 1. The summed E-state index contributed by atoms with van der Waals surface area (Å²) < 4.78 is 46.4. The zero-order valence-electron chi connectivity index (χ0n) is 31.3. The zero-order valence-corrected chi connectivity index (χ0v) is 31.3. The van der Waals surface area contributed by atoms with Gasteiger partial charge in [-0.15, -0.1) is 0 Å². The molecule has 4 heterocycles.